The number of piperidine rings is 1. The maximum atomic E-state index is 8.85. The Morgan fingerprint density at radius 2 is 2.00 bits per heavy atom. The van der Waals surface area contributed by atoms with Crippen molar-refractivity contribution in [2.24, 2.45) is 5.92 Å². The van der Waals surface area contributed by atoms with E-state index >= 15 is 0 Å². The van der Waals surface area contributed by atoms with Gasteiger partial charge in [-0.15, -0.1) is 0 Å². The maximum Gasteiger partial charge on any atom is 0.0443 e. The molecule has 3 heteroatoms. The molecule has 1 heterocycles. The Bertz CT molecular complexity index is 377. The quantitative estimate of drug-likeness (QED) is 0.798. The molecule has 0 aromatic heterocycles. The van der Waals surface area contributed by atoms with Gasteiger partial charge in [0, 0.05) is 31.4 Å². The van der Waals surface area contributed by atoms with Crippen molar-refractivity contribution in [3.63, 3.8) is 0 Å². The Morgan fingerprint density at radius 3 is 2.68 bits per heavy atom. The summed E-state index contributed by atoms with van der Waals surface area (Å²) in [6.45, 7) is 7.84. The van der Waals surface area contributed by atoms with E-state index in [9.17, 15) is 0 Å². The molecule has 2 rings (SSSR count). The van der Waals surface area contributed by atoms with Gasteiger partial charge in [-0.25, -0.2) is 0 Å². The van der Waals surface area contributed by atoms with E-state index < -0.39 is 0 Å². The molecule has 1 aromatic carbocycles. The predicted octanol–water partition coefficient (Wildman–Crippen LogP) is 2.18. The van der Waals surface area contributed by atoms with Gasteiger partial charge in [-0.05, 0) is 44.4 Å². The third-order valence-corrected chi connectivity index (χ3v) is 3.83. The number of hydrogen-bond acceptors (Lipinski definition) is 3. The van der Waals surface area contributed by atoms with Gasteiger partial charge >= 0.3 is 0 Å². The van der Waals surface area contributed by atoms with Crippen molar-refractivity contribution in [3.8, 4) is 0 Å². The van der Waals surface area contributed by atoms with Crippen LogP contribution in [-0.4, -0.2) is 37.4 Å². The first-order valence-corrected chi connectivity index (χ1v) is 7.35. The number of nitrogens with zero attached hydrogens (tertiary/aromatic N) is 1. The summed E-state index contributed by atoms with van der Waals surface area (Å²) in [5.41, 5.74) is 2.64. The van der Waals surface area contributed by atoms with Crippen molar-refractivity contribution in [1.82, 2.24) is 5.32 Å². The van der Waals surface area contributed by atoms with E-state index in [0.717, 1.165) is 26.1 Å². The molecule has 1 aromatic rings. The Hall–Kier alpha value is -1.06. The number of aliphatic hydroxyl groups is 1. The largest absolute Gasteiger partial charge is 0.396 e. The van der Waals surface area contributed by atoms with Crippen LogP contribution in [-0.2, 0) is 0 Å². The fourth-order valence-electron chi connectivity index (χ4n) is 2.85. The third kappa shape index (κ3) is 4.22. The number of benzene rings is 1. The molecule has 3 nitrogen and oxygen atoms in total. The Labute approximate surface area is 116 Å². The van der Waals surface area contributed by atoms with Crippen LogP contribution in [0.1, 0.15) is 25.3 Å². The number of aryl methyl sites for hydroxylation is 1. The zero-order valence-corrected chi connectivity index (χ0v) is 12.1. The fourth-order valence-corrected chi connectivity index (χ4v) is 2.85. The number of aliphatic hydroxyl groups excluding tert-OH is 1. The number of nitrogens with one attached hydrogen (secondary N) is 1. The van der Waals surface area contributed by atoms with E-state index in [-0.39, 0.29) is 6.61 Å². The van der Waals surface area contributed by atoms with E-state index in [1.807, 2.05) is 0 Å². The van der Waals surface area contributed by atoms with Crippen LogP contribution in [0.5, 0.6) is 0 Å². The van der Waals surface area contributed by atoms with Gasteiger partial charge in [-0.3, -0.25) is 0 Å². The average molecular weight is 262 g/mol. The van der Waals surface area contributed by atoms with Crippen LogP contribution >= 0.6 is 0 Å². The van der Waals surface area contributed by atoms with Crippen molar-refractivity contribution in [2.75, 3.05) is 31.1 Å². The van der Waals surface area contributed by atoms with E-state index in [4.69, 9.17) is 5.11 Å². The molecule has 0 amide bonds. The summed E-state index contributed by atoms with van der Waals surface area (Å²) >= 11 is 0. The van der Waals surface area contributed by atoms with Gasteiger partial charge in [0.15, 0.2) is 0 Å². The minimum Gasteiger partial charge on any atom is -0.396 e. The summed E-state index contributed by atoms with van der Waals surface area (Å²) in [4.78, 5) is 2.48. The summed E-state index contributed by atoms with van der Waals surface area (Å²) in [6.07, 6.45) is 2.07. The lowest BCUT2D eigenvalue weighted by Crippen LogP contribution is -2.49. The highest BCUT2D eigenvalue weighted by Gasteiger charge is 2.24. The zero-order valence-electron chi connectivity index (χ0n) is 12.1. The molecule has 106 valence electrons. The molecule has 0 spiro atoms. The Morgan fingerprint density at radius 1 is 1.26 bits per heavy atom. The normalized spacial score (nSPS) is 23.6. The molecular weight excluding hydrogens is 236 g/mol. The van der Waals surface area contributed by atoms with Crippen LogP contribution in [0.15, 0.2) is 24.3 Å². The van der Waals surface area contributed by atoms with Crippen LogP contribution in [0.3, 0.4) is 0 Å². The zero-order chi connectivity index (χ0) is 13.7. The van der Waals surface area contributed by atoms with Crippen molar-refractivity contribution in [1.29, 1.82) is 0 Å². The summed E-state index contributed by atoms with van der Waals surface area (Å²) in [6, 6.07) is 9.35. The highest BCUT2D eigenvalue weighted by molar-refractivity contribution is 5.48. The lowest BCUT2D eigenvalue weighted by Gasteiger charge is -2.38. The topological polar surface area (TPSA) is 35.5 Å². The first kappa shape index (κ1) is 14.4. The van der Waals surface area contributed by atoms with E-state index in [1.165, 1.54) is 17.7 Å². The minimum atomic E-state index is 0.275. The molecule has 2 atom stereocenters. The van der Waals surface area contributed by atoms with Crippen LogP contribution in [0.25, 0.3) is 0 Å². The molecule has 1 saturated heterocycles. The van der Waals surface area contributed by atoms with Crippen molar-refractivity contribution < 1.29 is 5.11 Å². The lowest BCUT2D eigenvalue weighted by molar-refractivity contribution is 0.276. The van der Waals surface area contributed by atoms with Crippen molar-refractivity contribution in [3.05, 3.63) is 29.8 Å². The Balaban J connectivity index is 1.95. The highest BCUT2D eigenvalue weighted by atomic mass is 16.3. The number of hydrogen-bond donors (Lipinski definition) is 2. The van der Waals surface area contributed by atoms with Crippen LogP contribution in [0, 0.1) is 12.8 Å². The van der Waals surface area contributed by atoms with Gasteiger partial charge in [-0.2, -0.15) is 0 Å². The van der Waals surface area contributed by atoms with E-state index in [0.29, 0.717) is 12.0 Å². The van der Waals surface area contributed by atoms with Crippen LogP contribution < -0.4 is 10.2 Å². The van der Waals surface area contributed by atoms with Gasteiger partial charge in [0.05, 0.1) is 0 Å². The minimum absolute atomic E-state index is 0.275. The summed E-state index contributed by atoms with van der Waals surface area (Å²) < 4.78 is 0. The molecule has 0 radical (unpaired) electrons. The molecular formula is C16H26N2O. The van der Waals surface area contributed by atoms with Gasteiger partial charge in [-0.1, -0.05) is 24.6 Å². The van der Waals surface area contributed by atoms with Gasteiger partial charge < -0.3 is 15.3 Å². The Kier molecular flexibility index (Phi) is 5.23. The third-order valence-electron chi connectivity index (χ3n) is 3.83. The van der Waals surface area contributed by atoms with Gasteiger partial charge in [0.25, 0.3) is 0 Å². The summed E-state index contributed by atoms with van der Waals surface area (Å²) in [7, 11) is 0. The van der Waals surface area contributed by atoms with Crippen molar-refractivity contribution in [2.45, 2.75) is 32.7 Å². The maximum absolute atomic E-state index is 8.85. The van der Waals surface area contributed by atoms with Gasteiger partial charge in [0.2, 0.25) is 0 Å². The first-order valence-electron chi connectivity index (χ1n) is 7.35. The number of rotatable bonds is 5. The second-order valence-electron chi connectivity index (χ2n) is 5.81. The van der Waals surface area contributed by atoms with Crippen molar-refractivity contribution >= 4 is 5.69 Å². The first-order chi connectivity index (χ1) is 9.19. The second-order valence-corrected chi connectivity index (χ2v) is 5.81. The molecule has 1 fully saturated rings. The van der Waals surface area contributed by atoms with Crippen LogP contribution in [0.2, 0.25) is 0 Å². The molecule has 1 aliphatic rings. The lowest BCUT2D eigenvalue weighted by atomic mass is 9.95. The molecule has 0 aliphatic carbocycles. The highest BCUT2D eigenvalue weighted by Crippen LogP contribution is 2.23. The molecule has 2 N–H and O–H groups in total. The molecule has 2 unspecified atom stereocenters. The molecule has 1 aliphatic heterocycles. The fraction of sp³-hybridized carbons (Fsp3) is 0.625. The number of anilines is 1. The smallest absolute Gasteiger partial charge is 0.0443 e. The average Bonchev–Trinajstić information content (AvgIpc) is 2.39. The predicted molar refractivity (Wildman–Crippen MR) is 80.7 cm³/mol. The summed E-state index contributed by atoms with van der Waals surface area (Å²) in [5.74, 6) is 0.710. The SMILES string of the molecule is Cc1ccc(N2CC(C)CC(NCCCO)C2)cc1. The monoisotopic (exact) mass is 262 g/mol. The van der Waals surface area contributed by atoms with E-state index in [1.54, 1.807) is 0 Å². The van der Waals surface area contributed by atoms with Gasteiger partial charge in [0.1, 0.15) is 0 Å². The molecule has 0 bridgehead atoms. The summed E-state index contributed by atoms with van der Waals surface area (Å²) in [5, 5.41) is 12.4. The standard InChI is InChI=1S/C16H26N2O/c1-13-4-6-16(7-5-13)18-11-14(2)10-15(12-18)17-8-3-9-19/h4-7,14-15,17,19H,3,8-12H2,1-2H3. The second kappa shape index (κ2) is 6.92. The van der Waals surface area contributed by atoms with E-state index in [2.05, 4.69) is 48.3 Å². The van der Waals surface area contributed by atoms with Crippen LogP contribution in [0.4, 0.5) is 5.69 Å². The molecule has 0 saturated carbocycles. The molecule has 19 heavy (non-hydrogen) atoms.